The normalized spacial score (nSPS) is 17.1. The minimum Gasteiger partial charge on any atom is -0.337 e. The van der Waals surface area contributed by atoms with E-state index in [4.69, 9.17) is 4.52 Å². The second kappa shape index (κ2) is 7.61. The van der Waals surface area contributed by atoms with Crippen LogP contribution in [0.3, 0.4) is 0 Å². The summed E-state index contributed by atoms with van der Waals surface area (Å²) in [5, 5.41) is 4.06. The van der Waals surface area contributed by atoms with E-state index in [-0.39, 0.29) is 11.9 Å². The van der Waals surface area contributed by atoms with Gasteiger partial charge < -0.3 is 4.52 Å². The fourth-order valence-corrected chi connectivity index (χ4v) is 3.76. The third kappa shape index (κ3) is 3.78. The van der Waals surface area contributed by atoms with Gasteiger partial charge in [0, 0.05) is 5.56 Å². The molecule has 2 heterocycles. The Morgan fingerprint density at radius 1 is 1.11 bits per heavy atom. The molecule has 0 saturated carbocycles. The molecule has 1 atom stereocenters. The van der Waals surface area contributed by atoms with Gasteiger partial charge in [-0.15, -0.1) is 0 Å². The molecule has 1 saturated heterocycles. The van der Waals surface area contributed by atoms with Gasteiger partial charge in [-0.05, 0) is 62.9 Å². The monoisotopic (exact) mass is 365 g/mol. The first-order valence-electron chi connectivity index (χ1n) is 9.51. The molecule has 0 radical (unpaired) electrons. The standard InChI is InChI=1S/C22H24FN3O/c1-15-8-9-19(14-20(15)23)21-24-22(27-25-21)16(2)26-12-10-18(11-13-26)17-6-4-3-5-7-17/h3-9,14,16,18H,10-13H2,1-2H3. The van der Waals surface area contributed by atoms with Crippen LogP contribution < -0.4 is 0 Å². The average Bonchev–Trinajstić information content (AvgIpc) is 3.20. The first-order valence-corrected chi connectivity index (χ1v) is 9.51. The molecule has 4 nitrogen and oxygen atoms in total. The number of hydrogen-bond acceptors (Lipinski definition) is 4. The van der Waals surface area contributed by atoms with Gasteiger partial charge in [-0.2, -0.15) is 4.98 Å². The van der Waals surface area contributed by atoms with E-state index in [1.54, 1.807) is 13.0 Å². The maximum absolute atomic E-state index is 13.8. The van der Waals surface area contributed by atoms with Crippen LogP contribution in [0.5, 0.6) is 0 Å². The van der Waals surface area contributed by atoms with Crippen LogP contribution in [0.25, 0.3) is 11.4 Å². The van der Waals surface area contributed by atoms with Crippen LogP contribution in [0.2, 0.25) is 0 Å². The Labute approximate surface area is 159 Å². The quantitative estimate of drug-likeness (QED) is 0.643. The van der Waals surface area contributed by atoms with E-state index in [1.165, 1.54) is 11.6 Å². The van der Waals surface area contributed by atoms with Crippen LogP contribution in [0.15, 0.2) is 53.1 Å². The lowest BCUT2D eigenvalue weighted by Crippen LogP contribution is -2.35. The average molecular weight is 365 g/mol. The van der Waals surface area contributed by atoms with Gasteiger partial charge in [0.25, 0.3) is 0 Å². The SMILES string of the molecule is Cc1ccc(-c2noc(C(C)N3CCC(c4ccccc4)CC3)n2)cc1F. The summed E-state index contributed by atoms with van der Waals surface area (Å²) in [6, 6.07) is 15.8. The van der Waals surface area contributed by atoms with E-state index in [0.29, 0.717) is 28.8 Å². The Kier molecular flexibility index (Phi) is 5.03. The van der Waals surface area contributed by atoms with Crippen molar-refractivity contribution >= 4 is 0 Å². The third-order valence-electron chi connectivity index (χ3n) is 5.58. The minimum atomic E-state index is -0.255. The molecule has 4 rings (SSSR count). The van der Waals surface area contributed by atoms with E-state index >= 15 is 0 Å². The van der Waals surface area contributed by atoms with Gasteiger partial charge in [0.2, 0.25) is 11.7 Å². The summed E-state index contributed by atoms with van der Waals surface area (Å²) in [7, 11) is 0. The molecule has 0 N–H and O–H groups in total. The Morgan fingerprint density at radius 2 is 1.85 bits per heavy atom. The fraction of sp³-hybridized carbons (Fsp3) is 0.364. The van der Waals surface area contributed by atoms with Crippen molar-refractivity contribution in [3.05, 3.63) is 71.4 Å². The zero-order valence-corrected chi connectivity index (χ0v) is 15.7. The first-order chi connectivity index (χ1) is 13.1. The zero-order chi connectivity index (χ0) is 18.8. The maximum Gasteiger partial charge on any atom is 0.244 e. The smallest absolute Gasteiger partial charge is 0.244 e. The molecule has 1 unspecified atom stereocenters. The molecular weight excluding hydrogens is 341 g/mol. The molecule has 1 aromatic heterocycles. The number of piperidine rings is 1. The third-order valence-corrected chi connectivity index (χ3v) is 5.58. The van der Waals surface area contributed by atoms with Crippen molar-refractivity contribution in [3.8, 4) is 11.4 Å². The molecule has 1 fully saturated rings. The van der Waals surface area contributed by atoms with Crippen LogP contribution in [0.4, 0.5) is 4.39 Å². The number of aromatic nitrogens is 2. The number of nitrogens with zero attached hydrogens (tertiary/aromatic N) is 3. The highest BCUT2D eigenvalue weighted by atomic mass is 19.1. The number of rotatable bonds is 4. The minimum absolute atomic E-state index is 0.0540. The van der Waals surface area contributed by atoms with Crippen LogP contribution in [0.1, 0.15) is 48.7 Å². The van der Waals surface area contributed by atoms with Crippen LogP contribution in [-0.4, -0.2) is 28.1 Å². The van der Waals surface area contributed by atoms with E-state index in [2.05, 4.69) is 52.3 Å². The Bertz CT molecular complexity index is 901. The molecule has 0 spiro atoms. The van der Waals surface area contributed by atoms with Gasteiger partial charge in [0.05, 0.1) is 6.04 Å². The summed E-state index contributed by atoms with van der Waals surface area (Å²) in [5.41, 5.74) is 2.67. The topological polar surface area (TPSA) is 42.2 Å². The summed E-state index contributed by atoms with van der Waals surface area (Å²) in [6.45, 7) is 5.83. The van der Waals surface area contributed by atoms with E-state index in [0.717, 1.165) is 25.9 Å². The van der Waals surface area contributed by atoms with Crippen LogP contribution in [0, 0.1) is 12.7 Å². The summed E-state index contributed by atoms with van der Waals surface area (Å²) in [5.74, 6) is 1.39. The maximum atomic E-state index is 13.8. The van der Waals surface area contributed by atoms with Crippen molar-refractivity contribution < 1.29 is 8.91 Å². The van der Waals surface area contributed by atoms with Crippen molar-refractivity contribution in [2.24, 2.45) is 0 Å². The molecule has 0 amide bonds. The molecule has 27 heavy (non-hydrogen) atoms. The second-order valence-electron chi connectivity index (χ2n) is 7.32. The fourth-order valence-electron chi connectivity index (χ4n) is 3.76. The van der Waals surface area contributed by atoms with Crippen molar-refractivity contribution in [1.82, 2.24) is 15.0 Å². The molecule has 2 aromatic carbocycles. The number of hydrogen-bond donors (Lipinski definition) is 0. The summed E-state index contributed by atoms with van der Waals surface area (Å²) < 4.78 is 19.3. The van der Waals surface area contributed by atoms with E-state index < -0.39 is 0 Å². The lowest BCUT2D eigenvalue weighted by molar-refractivity contribution is 0.136. The second-order valence-corrected chi connectivity index (χ2v) is 7.32. The summed E-state index contributed by atoms with van der Waals surface area (Å²) >= 11 is 0. The van der Waals surface area contributed by atoms with Gasteiger partial charge >= 0.3 is 0 Å². The van der Waals surface area contributed by atoms with Crippen LogP contribution >= 0.6 is 0 Å². The predicted molar refractivity (Wildman–Crippen MR) is 103 cm³/mol. The number of likely N-dealkylation sites (tertiary alicyclic amines) is 1. The zero-order valence-electron chi connectivity index (χ0n) is 15.7. The largest absolute Gasteiger partial charge is 0.337 e. The molecular formula is C22H24FN3O. The summed E-state index contributed by atoms with van der Waals surface area (Å²) in [6.07, 6.45) is 2.25. The van der Waals surface area contributed by atoms with Gasteiger partial charge in [0.15, 0.2) is 0 Å². The van der Waals surface area contributed by atoms with Gasteiger partial charge in [-0.25, -0.2) is 4.39 Å². The highest BCUT2D eigenvalue weighted by molar-refractivity contribution is 5.55. The molecule has 140 valence electrons. The van der Waals surface area contributed by atoms with E-state index in [1.807, 2.05) is 6.07 Å². The van der Waals surface area contributed by atoms with Crippen molar-refractivity contribution in [2.45, 2.75) is 38.6 Å². The molecule has 3 aromatic rings. The van der Waals surface area contributed by atoms with Crippen molar-refractivity contribution in [3.63, 3.8) is 0 Å². The number of halogens is 1. The van der Waals surface area contributed by atoms with Gasteiger partial charge in [0.1, 0.15) is 5.82 Å². The lowest BCUT2D eigenvalue weighted by Gasteiger charge is -2.34. The van der Waals surface area contributed by atoms with Crippen molar-refractivity contribution in [2.75, 3.05) is 13.1 Å². The molecule has 0 aliphatic carbocycles. The van der Waals surface area contributed by atoms with Gasteiger partial charge in [-0.3, -0.25) is 4.90 Å². The Hall–Kier alpha value is -2.53. The highest BCUT2D eigenvalue weighted by Gasteiger charge is 2.27. The lowest BCUT2D eigenvalue weighted by atomic mass is 9.89. The van der Waals surface area contributed by atoms with Crippen LogP contribution in [-0.2, 0) is 0 Å². The van der Waals surface area contributed by atoms with E-state index in [9.17, 15) is 4.39 Å². The first kappa shape index (κ1) is 17.9. The molecule has 1 aliphatic rings. The molecule has 0 bridgehead atoms. The molecule has 5 heteroatoms. The highest BCUT2D eigenvalue weighted by Crippen LogP contribution is 2.32. The Balaban J connectivity index is 1.42. The number of benzene rings is 2. The van der Waals surface area contributed by atoms with Crippen molar-refractivity contribution in [1.29, 1.82) is 0 Å². The molecule has 1 aliphatic heterocycles. The summed E-state index contributed by atoms with van der Waals surface area (Å²) in [4.78, 5) is 6.90. The van der Waals surface area contributed by atoms with Gasteiger partial charge in [-0.1, -0.05) is 47.6 Å². The Morgan fingerprint density at radius 3 is 2.56 bits per heavy atom. The number of aryl methyl sites for hydroxylation is 1. The predicted octanol–water partition coefficient (Wildman–Crippen LogP) is 5.12.